The highest BCUT2D eigenvalue weighted by molar-refractivity contribution is 8.17. The van der Waals surface area contributed by atoms with Gasteiger partial charge in [-0.05, 0) is 52.0 Å². The molecule has 0 fully saturated rings. The lowest BCUT2D eigenvalue weighted by atomic mass is 9.14. The van der Waals surface area contributed by atoms with E-state index in [4.69, 9.17) is 0 Å². The standard InChI is InChI=1S/C44H26BF15NP/c1-19-15-17-20(18-16-19)42-24(23-27(46)33(52)39(58)34(53)28(23)47)45(25-29(48)35(54)40(59)36(55)30(25)49,26-31(50)37(56)41(60)38(57)32(26)51)43(61-44(2,3)4)62(42,21-11-7-5-8-12-21)22-13-9-6-10-14-22/h5-18H,1-4H3. The fraction of sp³-hybridized carbons (Fsp3) is 0.114. The molecule has 0 spiro atoms. The quantitative estimate of drug-likeness (QED) is 0.0519. The maximum absolute atomic E-state index is 17.2. The molecule has 62 heavy (non-hydrogen) atoms. The second kappa shape index (κ2) is 15.5. The van der Waals surface area contributed by atoms with Gasteiger partial charge in [-0.2, -0.15) is 0 Å². The van der Waals surface area contributed by atoms with Crippen LogP contribution in [0.1, 0.15) is 37.5 Å². The number of halogens is 15. The number of rotatable bonds is 6. The Morgan fingerprint density at radius 2 is 0.742 bits per heavy atom. The van der Waals surface area contributed by atoms with Crippen LogP contribution in [0.15, 0.2) is 89.9 Å². The molecule has 0 amide bonds. The van der Waals surface area contributed by atoms with Crippen molar-refractivity contribution in [3.63, 3.8) is 0 Å². The topological polar surface area (TPSA) is 12.4 Å². The molecule has 18 heteroatoms. The monoisotopic (exact) mass is 895 g/mol. The summed E-state index contributed by atoms with van der Waals surface area (Å²) in [7, 11) is -4.88. The van der Waals surface area contributed by atoms with Crippen molar-refractivity contribution in [1.29, 1.82) is 0 Å². The van der Waals surface area contributed by atoms with Gasteiger partial charge in [-0.3, -0.25) is 4.99 Å². The largest absolute Gasteiger partial charge is 0.288 e. The molecule has 0 atom stereocenters. The van der Waals surface area contributed by atoms with Crippen molar-refractivity contribution in [1.82, 2.24) is 0 Å². The molecule has 7 rings (SSSR count). The molecule has 0 unspecified atom stereocenters. The van der Waals surface area contributed by atoms with E-state index < -0.39 is 144 Å². The van der Waals surface area contributed by atoms with Gasteiger partial charge in [0.25, 0.3) is 0 Å². The molecule has 0 saturated carbocycles. The van der Waals surface area contributed by atoms with Crippen LogP contribution in [0.2, 0.25) is 0 Å². The van der Waals surface area contributed by atoms with Crippen molar-refractivity contribution < 1.29 is 65.9 Å². The average Bonchev–Trinajstić information content (AvgIpc) is 3.48. The highest BCUT2D eigenvalue weighted by Crippen LogP contribution is 2.77. The third-order valence-electron chi connectivity index (χ3n) is 10.6. The minimum absolute atomic E-state index is 0.164. The van der Waals surface area contributed by atoms with Crippen LogP contribution in [0.25, 0.3) is 10.8 Å². The van der Waals surface area contributed by atoms with Crippen LogP contribution in [-0.2, 0) is 0 Å². The van der Waals surface area contributed by atoms with Crippen molar-refractivity contribution in [2.45, 2.75) is 33.2 Å². The third-order valence-corrected chi connectivity index (χ3v) is 15.1. The van der Waals surface area contributed by atoms with Crippen LogP contribution < -0.4 is 21.5 Å². The van der Waals surface area contributed by atoms with E-state index in [0.29, 0.717) is 5.56 Å². The molecule has 1 nitrogen and oxygen atoms in total. The third kappa shape index (κ3) is 6.20. The van der Waals surface area contributed by atoms with Gasteiger partial charge in [0, 0.05) is 16.5 Å². The molecular weight excluding hydrogens is 869 g/mol. The van der Waals surface area contributed by atoms with Crippen LogP contribution in [0.4, 0.5) is 65.9 Å². The van der Waals surface area contributed by atoms with E-state index >= 15 is 61.5 Å². The molecule has 1 aliphatic rings. The Labute approximate surface area is 343 Å². The first-order valence-corrected chi connectivity index (χ1v) is 20.0. The summed E-state index contributed by atoms with van der Waals surface area (Å²) in [5.41, 5.74) is -10.8. The summed E-state index contributed by atoms with van der Waals surface area (Å²) in [6.07, 6.45) is -5.77. The lowest BCUT2D eigenvalue weighted by molar-refractivity contribution is 0.376. The molecule has 0 radical (unpaired) electrons. The van der Waals surface area contributed by atoms with E-state index in [1.54, 1.807) is 0 Å². The summed E-state index contributed by atoms with van der Waals surface area (Å²) in [6, 6.07) is 18.1. The van der Waals surface area contributed by atoms with Gasteiger partial charge in [0.1, 0.15) is 41.1 Å². The van der Waals surface area contributed by atoms with Crippen molar-refractivity contribution in [2.24, 2.45) is 4.99 Å². The van der Waals surface area contributed by atoms with E-state index in [9.17, 15) is 4.39 Å². The van der Waals surface area contributed by atoms with Crippen LogP contribution in [-0.4, -0.2) is 17.0 Å². The van der Waals surface area contributed by atoms with Gasteiger partial charge in [-0.1, -0.05) is 66.2 Å². The predicted molar refractivity (Wildman–Crippen MR) is 208 cm³/mol. The lowest BCUT2D eigenvalue weighted by Gasteiger charge is -2.43. The molecular formula is C44H26BF15NP. The Kier molecular flexibility index (Phi) is 11.1. The Hall–Kier alpha value is -5.83. The number of aliphatic imine (C=N–C) groups is 1. The smallest absolute Gasteiger partial charge is 0.200 e. The molecule has 6 aromatic rings. The Morgan fingerprint density at radius 1 is 0.419 bits per heavy atom. The van der Waals surface area contributed by atoms with E-state index in [1.165, 1.54) is 100 Å². The molecule has 0 saturated heterocycles. The molecule has 0 aromatic heterocycles. The zero-order valence-corrected chi connectivity index (χ0v) is 33.1. The summed E-state index contributed by atoms with van der Waals surface area (Å²) in [5.74, 6) is -43.6. The van der Waals surface area contributed by atoms with E-state index in [-0.39, 0.29) is 10.6 Å². The zero-order valence-electron chi connectivity index (χ0n) is 32.2. The maximum Gasteiger partial charge on any atom is 0.200 e. The van der Waals surface area contributed by atoms with Crippen molar-refractivity contribution >= 4 is 51.1 Å². The van der Waals surface area contributed by atoms with Crippen LogP contribution >= 0.6 is 7.26 Å². The summed E-state index contributed by atoms with van der Waals surface area (Å²) in [4.78, 5) is 4.64. The number of nitrogens with zero attached hydrogens (tertiary/aromatic N) is 1. The lowest BCUT2D eigenvalue weighted by Crippen LogP contribution is -2.69. The van der Waals surface area contributed by atoms with Crippen LogP contribution in [0.3, 0.4) is 0 Å². The number of hydrogen-bond acceptors (Lipinski definition) is 1. The Morgan fingerprint density at radius 3 is 1.08 bits per heavy atom. The van der Waals surface area contributed by atoms with Gasteiger partial charge in [-0.25, -0.2) is 65.9 Å². The van der Waals surface area contributed by atoms with Crippen molar-refractivity contribution in [3.05, 3.63) is 189 Å². The van der Waals surface area contributed by atoms with Gasteiger partial charge < -0.3 is 0 Å². The molecule has 0 N–H and O–H groups in total. The minimum atomic E-state index is -5.77. The van der Waals surface area contributed by atoms with Gasteiger partial charge in [0.2, 0.25) is 5.82 Å². The van der Waals surface area contributed by atoms with Gasteiger partial charge in [0.15, 0.2) is 64.3 Å². The van der Waals surface area contributed by atoms with Crippen molar-refractivity contribution in [2.75, 3.05) is 0 Å². The van der Waals surface area contributed by atoms with Gasteiger partial charge in [0.05, 0.1) is 10.9 Å². The van der Waals surface area contributed by atoms with Crippen molar-refractivity contribution in [3.8, 4) is 0 Å². The number of hydrogen-bond donors (Lipinski definition) is 0. The normalized spacial score (nSPS) is 15.6. The molecule has 1 heterocycles. The summed E-state index contributed by atoms with van der Waals surface area (Å²) < 4.78 is 243. The highest BCUT2D eigenvalue weighted by atomic mass is 31.2. The Balaban J connectivity index is 2.07. The predicted octanol–water partition coefficient (Wildman–Crippen LogP) is 11.2. The Bertz CT molecular complexity index is 2700. The summed E-state index contributed by atoms with van der Waals surface area (Å²) in [5, 5.41) is -2.34. The van der Waals surface area contributed by atoms with Gasteiger partial charge >= 0.3 is 0 Å². The minimum Gasteiger partial charge on any atom is -0.288 e. The maximum atomic E-state index is 17.2. The van der Waals surface area contributed by atoms with E-state index in [0.717, 1.165) is 12.1 Å². The molecule has 6 aromatic carbocycles. The molecule has 0 bridgehead atoms. The molecule has 320 valence electrons. The highest BCUT2D eigenvalue weighted by Gasteiger charge is 2.68. The number of aryl methyl sites for hydroxylation is 1. The molecule has 1 aliphatic heterocycles. The summed E-state index contributed by atoms with van der Waals surface area (Å²) >= 11 is 0. The summed E-state index contributed by atoms with van der Waals surface area (Å²) in [6.45, 7) is 5.21. The van der Waals surface area contributed by atoms with E-state index in [2.05, 4.69) is 4.99 Å². The molecule has 0 aliphatic carbocycles. The second-order valence-electron chi connectivity index (χ2n) is 15.4. The number of benzene rings is 6. The van der Waals surface area contributed by atoms with Crippen LogP contribution in [0.5, 0.6) is 0 Å². The first-order chi connectivity index (χ1) is 29.1. The fourth-order valence-corrected chi connectivity index (χ4v) is 13.8. The fourth-order valence-electron chi connectivity index (χ4n) is 8.34. The average molecular weight is 895 g/mol. The first-order valence-electron chi connectivity index (χ1n) is 18.2. The second-order valence-corrected chi connectivity index (χ2v) is 18.7. The zero-order chi connectivity index (χ0) is 45.5. The SMILES string of the molecule is Cc1ccc(C2=C(c3c(F)c(F)c(F)c(F)c3F)[B-](c3c(F)c(F)c(F)c(F)c3F)(c3c(F)c(F)c(F)c(F)c3F)C(=NC(C)(C)C)[P+]2(c2ccccc2)c2ccccc2)cc1. The van der Waals surface area contributed by atoms with Crippen LogP contribution in [0, 0.1) is 94.2 Å². The first kappa shape index (κ1) is 44.2. The van der Waals surface area contributed by atoms with E-state index in [1.807, 2.05) is 0 Å². The van der Waals surface area contributed by atoms with Gasteiger partial charge in [-0.15, -0.1) is 16.4 Å².